The van der Waals surface area contributed by atoms with E-state index in [0.717, 1.165) is 0 Å². The highest BCUT2D eigenvalue weighted by molar-refractivity contribution is 6.36. The molecule has 2 aromatic rings. The number of rotatable bonds is 4. The molecule has 0 bridgehead atoms. The van der Waals surface area contributed by atoms with E-state index in [4.69, 9.17) is 23.2 Å². The maximum absolute atomic E-state index is 11.7. The van der Waals surface area contributed by atoms with Crippen LogP contribution in [0.1, 0.15) is 26.3 Å². The van der Waals surface area contributed by atoms with E-state index in [1.165, 1.54) is 0 Å². The molecule has 6 heteroatoms. The van der Waals surface area contributed by atoms with E-state index in [-0.39, 0.29) is 17.8 Å². The third-order valence-electron chi connectivity index (χ3n) is 2.91. The Balaban J connectivity index is 2.20. The zero-order chi connectivity index (χ0) is 15.8. The molecule has 0 aliphatic heterocycles. The van der Waals surface area contributed by atoms with Crippen molar-refractivity contribution in [2.75, 3.05) is 10.6 Å². The van der Waals surface area contributed by atoms with Crippen LogP contribution in [0.3, 0.4) is 0 Å². The maximum Gasteiger partial charge on any atom is 0.253 e. The molecule has 0 aromatic heterocycles. The van der Waals surface area contributed by atoms with E-state index in [1.54, 1.807) is 18.2 Å². The van der Waals surface area contributed by atoms with Crippen LogP contribution in [-0.2, 0) is 6.54 Å². The van der Waals surface area contributed by atoms with Gasteiger partial charge in [0.2, 0.25) is 0 Å². The first-order valence-corrected chi connectivity index (χ1v) is 7.24. The first-order chi connectivity index (χ1) is 9.70. The Morgan fingerprint density at radius 1 is 1.00 bits per heavy atom. The molecule has 2 N–H and O–H groups in total. The zero-order valence-electron chi connectivity index (χ0n) is 12.0. The number of anilines is 2. The van der Waals surface area contributed by atoms with Gasteiger partial charge < -0.3 is 10.6 Å². The zero-order valence-corrected chi connectivity index (χ0v) is 13.5. The molecule has 0 unspecified atom stereocenters. The lowest BCUT2D eigenvalue weighted by Crippen LogP contribution is -2.41. The lowest BCUT2D eigenvalue weighted by atomic mass is 10.1. The van der Waals surface area contributed by atoms with Crippen LogP contribution < -0.4 is 21.5 Å². The molecule has 0 aliphatic carbocycles. The Kier molecular flexibility index (Phi) is 4.30. The summed E-state index contributed by atoms with van der Waals surface area (Å²) >= 11 is 12.1. The summed E-state index contributed by atoms with van der Waals surface area (Å²) in [5.74, 6) is 0. The molecule has 2 rings (SSSR count). The van der Waals surface area contributed by atoms with Crippen LogP contribution in [0.15, 0.2) is 27.8 Å². The predicted octanol–water partition coefficient (Wildman–Crippen LogP) is 3.41. The van der Waals surface area contributed by atoms with Gasteiger partial charge in [0.1, 0.15) is 11.4 Å². The van der Waals surface area contributed by atoms with Crippen LogP contribution in [0.25, 0.3) is 0 Å². The summed E-state index contributed by atoms with van der Waals surface area (Å²) < 4.78 is 0. The van der Waals surface area contributed by atoms with Crippen molar-refractivity contribution >= 4 is 34.6 Å². The minimum atomic E-state index is -0.523. The van der Waals surface area contributed by atoms with Gasteiger partial charge in [-0.05, 0) is 32.9 Å². The van der Waals surface area contributed by atoms with Crippen LogP contribution in [0.4, 0.5) is 11.4 Å². The first-order valence-electron chi connectivity index (χ1n) is 6.49. The Morgan fingerprint density at radius 3 is 2.05 bits per heavy atom. The van der Waals surface area contributed by atoms with Crippen LogP contribution in [-0.4, -0.2) is 5.54 Å². The van der Waals surface area contributed by atoms with E-state index in [0.29, 0.717) is 21.3 Å². The van der Waals surface area contributed by atoms with Gasteiger partial charge in [0.25, 0.3) is 10.9 Å². The third-order valence-corrected chi connectivity index (χ3v) is 3.62. The van der Waals surface area contributed by atoms with Gasteiger partial charge in [0.05, 0.1) is 0 Å². The van der Waals surface area contributed by atoms with Crippen molar-refractivity contribution in [1.82, 2.24) is 0 Å². The van der Waals surface area contributed by atoms with Gasteiger partial charge in [-0.25, -0.2) is 0 Å². The van der Waals surface area contributed by atoms with Crippen LogP contribution in [0.5, 0.6) is 0 Å². The van der Waals surface area contributed by atoms with E-state index in [1.807, 2.05) is 20.8 Å². The van der Waals surface area contributed by atoms with E-state index in [2.05, 4.69) is 10.6 Å². The second-order valence-corrected chi connectivity index (χ2v) is 6.65. The average Bonchev–Trinajstić information content (AvgIpc) is 2.39. The van der Waals surface area contributed by atoms with Crippen molar-refractivity contribution in [2.45, 2.75) is 32.9 Å². The van der Waals surface area contributed by atoms with Gasteiger partial charge in [0.15, 0.2) is 0 Å². The number of hydrogen-bond donors (Lipinski definition) is 2. The van der Waals surface area contributed by atoms with Gasteiger partial charge in [0, 0.05) is 27.7 Å². The monoisotopic (exact) mass is 326 g/mol. The van der Waals surface area contributed by atoms with Gasteiger partial charge in [-0.2, -0.15) is 0 Å². The molecule has 0 radical (unpaired) electrons. The van der Waals surface area contributed by atoms with Crippen molar-refractivity contribution < 1.29 is 0 Å². The van der Waals surface area contributed by atoms with Crippen LogP contribution in [0, 0.1) is 0 Å². The van der Waals surface area contributed by atoms with Gasteiger partial charge in [-0.3, -0.25) is 9.59 Å². The topological polar surface area (TPSA) is 58.2 Å². The average molecular weight is 327 g/mol. The summed E-state index contributed by atoms with van der Waals surface area (Å²) in [6.45, 7) is 6.03. The fourth-order valence-corrected chi connectivity index (χ4v) is 2.46. The highest BCUT2D eigenvalue weighted by Gasteiger charge is 2.24. The number of halogens is 2. The molecule has 2 aromatic carbocycles. The quantitative estimate of drug-likeness (QED) is 0.845. The molecule has 0 saturated heterocycles. The highest BCUT2D eigenvalue weighted by atomic mass is 35.5. The van der Waals surface area contributed by atoms with Crippen molar-refractivity contribution in [3.63, 3.8) is 0 Å². The molecule has 4 nitrogen and oxygen atoms in total. The standard InChI is InChI=1S/C15H16Cl2N2O2/c1-15(2,3)19-12-11(13(20)14(12)21)18-7-8-9(16)5-4-6-10(8)17/h4-6,18-19H,7H2,1-3H3. The second-order valence-electron chi connectivity index (χ2n) is 5.84. The predicted molar refractivity (Wildman–Crippen MR) is 88.5 cm³/mol. The lowest BCUT2D eigenvalue weighted by Gasteiger charge is -2.25. The second kappa shape index (κ2) is 5.70. The molecule has 0 amide bonds. The SMILES string of the molecule is CC(C)(C)Nc1c(NCc2c(Cl)cccc2Cl)c(=O)c1=O. The molecule has 0 fully saturated rings. The summed E-state index contributed by atoms with van der Waals surface area (Å²) in [5.41, 5.74) is -0.0412. The molecule has 0 aliphatic rings. The summed E-state index contributed by atoms with van der Waals surface area (Å²) in [6, 6.07) is 5.19. The first kappa shape index (κ1) is 15.9. The van der Waals surface area contributed by atoms with E-state index < -0.39 is 10.9 Å². The summed E-state index contributed by atoms with van der Waals surface area (Å²) in [6.07, 6.45) is 0. The summed E-state index contributed by atoms with van der Waals surface area (Å²) in [4.78, 5) is 23.3. The molecule has 0 saturated carbocycles. The smallest absolute Gasteiger partial charge is 0.253 e. The fraction of sp³-hybridized carbons (Fsp3) is 0.333. The Bertz CT molecular complexity index is 721. The van der Waals surface area contributed by atoms with Crippen molar-refractivity contribution in [3.05, 3.63) is 54.3 Å². The number of hydrogen-bond acceptors (Lipinski definition) is 4. The third kappa shape index (κ3) is 3.39. The van der Waals surface area contributed by atoms with Crippen LogP contribution >= 0.6 is 23.2 Å². The minimum absolute atomic E-state index is 0.280. The van der Waals surface area contributed by atoms with E-state index in [9.17, 15) is 9.59 Å². The normalized spacial score (nSPS) is 11.7. The molecule has 0 heterocycles. The Hall–Kier alpha value is -1.52. The van der Waals surface area contributed by atoms with E-state index >= 15 is 0 Å². The van der Waals surface area contributed by atoms with Gasteiger partial charge in [-0.1, -0.05) is 29.3 Å². The number of nitrogens with one attached hydrogen (secondary N) is 2. The minimum Gasteiger partial charge on any atom is -0.376 e. The largest absolute Gasteiger partial charge is 0.376 e. The highest BCUT2D eigenvalue weighted by Crippen LogP contribution is 2.26. The van der Waals surface area contributed by atoms with Crippen molar-refractivity contribution in [3.8, 4) is 0 Å². The summed E-state index contributed by atoms with van der Waals surface area (Å²) in [5, 5.41) is 7.01. The molecule has 0 spiro atoms. The fourth-order valence-electron chi connectivity index (χ4n) is 1.93. The lowest BCUT2D eigenvalue weighted by molar-refractivity contribution is 0.632. The maximum atomic E-state index is 11.7. The molecule has 112 valence electrons. The van der Waals surface area contributed by atoms with Crippen molar-refractivity contribution in [2.24, 2.45) is 0 Å². The van der Waals surface area contributed by atoms with Crippen LogP contribution in [0.2, 0.25) is 10.0 Å². The Morgan fingerprint density at radius 2 is 1.52 bits per heavy atom. The van der Waals surface area contributed by atoms with Crippen molar-refractivity contribution in [1.29, 1.82) is 0 Å². The molecule has 21 heavy (non-hydrogen) atoms. The molecular weight excluding hydrogens is 311 g/mol. The van der Waals surface area contributed by atoms with Gasteiger partial charge in [-0.15, -0.1) is 0 Å². The Labute approximate surface area is 132 Å². The number of benzene rings is 1. The summed E-state index contributed by atoms with van der Waals surface area (Å²) in [7, 11) is 0. The molecular formula is C15H16Cl2N2O2. The van der Waals surface area contributed by atoms with Gasteiger partial charge >= 0.3 is 0 Å². The molecule has 0 atom stereocenters.